The monoisotopic (exact) mass is 177 g/mol. The van der Waals surface area contributed by atoms with Crippen molar-refractivity contribution >= 4 is 0 Å². The average Bonchev–Trinajstić information content (AvgIpc) is 2.45. The zero-order valence-corrected chi connectivity index (χ0v) is 6.26. The second-order valence-electron chi connectivity index (χ2n) is 1.87. The number of likely N-dealkylation sites (N-methyl/N-ethyl adjacent to an activating group) is 1. The van der Waals surface area contributed by atoms with Gasteiger partial charge in [-0.2, -0.15) is 0 Å². The molecule has 0 aliphatic carbocycles. The first kappa shape index (κ1) is 2.47. The van der Waals surface area contributed by atoms with Crippen LogP contribution < -0.4 is 5.31 Å². The molecule has 1 aromatic carbocycles. The Labute approximate surface area is 85.9 Å². The number of phenols is 1. The van der Waals surface area contributed by atoms with E-state index >= 15 is 0 Å². The van der Waals surface area contributed by atoms with Crippen LogP contribution in [-0.2, 0) is 0 Å². The van der Waals surface area contributed by atoms with Crippen LogP contribution in [0.2, 0.25) is 1.41 Å². The Kier molecular flexibility index (Phi) is 0.840. The number of rotatable bonds is 5. The van der Waals surface area contributed by atoms with Crippen molar-refractivity contribution in [2.45, 2.75) is 6.08 Å². The summed E-state index contributed by atoms with van der Waals surface area (Å²) < 4.78 is 75.3. The molecule has 0 unspecified atom stereocenters. The molecule has 0 saturated heterocycles. The first-order chi connectivity index (χ1) is 9.97. The Balaban J connectivity index is 3.84. The van der Waals surface area contributed by atoms with E-state index in [1.165, 1.54) is 0 Å². The lowest BCUT2D eigenvalue weighted by Crippen LogP contribution is -2.16. The third-order valence-corrected chi connectivity index (χ3v) is 1.04. The second-order valence-corrected chi connectivity index (χ2v) is 1.87. The minimum Gasteiger partial charge on any atom is -0.508 e. The normalized spacial score (nSPS) is 28.5. The van der Waals surface area contributed by atoms with Gasteiger partial charge in [-0.3, -0.25) is 0 Å². The van der Waals surface area contributed by atoms with Crippen molar-refractivity contribution in [3.63, 3.8) is 0 Å². The van der Waals surface area contributed by atoms with Gasteiger partial charge in [0.2, 0.25) is 1.43 Å². The van der Waals surface area contributed by atoms with E-state index in [4.69, 9.17) is 13.9 Å². The molecule has 0 aromatic heterocycles. The predicted octanol–water partition coefficient (Wildman–Crippen LogP) is 0.645. The molecule has 0 saturated carbocycles. The molecule has 0 spiro atoms. The van der Waals surface area contributed by atoms with E-state index in [1.54, 1.807) is 0 Å². The van der Waals surface area contributed by atoms with Crippen LogP contribution in [0.15, 0.2) is 24.2 Å². The highest BCUT2D eigenvalue weighted by Crippen LogP contribution is 2.17. The van der Waals surface area contributed by atoms with Crippen LogP contribution in [-0.4, -0.2) is 26.6 Å². The van der Waals surface area contributed by atoms with Gasteiger partial charge in [0, 0.05) is 9.24 Å². The van der Waals surface area contributed by atoms with E-state index in [-0.39, 0.29) is 5.31 Å². The highest BCUT2D eigenvalue weighted by molar-refractivity contribution is 5.28. The minimum atomic E-state index is -3.05. The van der Waals surface area contributed by atoms with Gasteiger partial charge in [0.05, 0.1) is 12.9 Å². The second kappa shape index (κ2) is 4.09. The van der Waals surface area contributed by atoms with Gasteiger partial charge >= 0.3 is 0 Å². The SMILES string of the molecule is [2H]Oc1c([2H])c([2H])c([2H])c([C@]([2H])(O[2H])C([2H])([2H])N([2H])C)c1[2H]. The maximum atomic E-state index is 8.02. The number of aromatic hydroxyl groups is 1. The van der Waals surface area contributed by atoms with Crippen LogP contribution in [0.5, 0.6) is 5.75 Å². The summed E-state index contributed by atoms with van der Waals surface area (Å²) in [5.74, 6) is -0.770. The standard InChI is InChI=1S/C9H13NO2/c1-10-6-9(12)7-3-2-4-8(11)5-7/h2-5,9-12H,6H2,1H3/t9-/m1/s1/i2D,3D,4D,5D,6D2,9D,12D/hD2. The molecule has 0 heterocycles. The molecule has 0 radical (unpaired) electrons. The lowest BCUT2D eigenvalue weighted by molar-refractivity contribution is 0.177. The third kappa shape index (κ3) is 2.22. The van der Waals surface area contributed by atoms with Crippen molar-refractivity contribution in [2.24, 2.45) is 0 Å². The van der Waals surface area contributed by atoms with Crippen molar-refractivity contribution in [1.29, 1.82) is 2.86 Å². The zero-order valence-electron chi connectivity index (χ0n) is 16.3. The fraction of sp³-hybridized carbons (Fsp3) is 0.333. The first-order valence-corrected chi connectivity index (χ1v) is 3.08. The molecule has 12 heavy (non-hydrogen) atoms. The van der Waals surface area contributed by atoms with Crippen LogP contribution in [0.1, 0.15) is 21.2 Å². The maximum Gasteiger partial charge on any atom is 0.293 e. The van der Waals surface area contributed by atoms with Crippen molar-refractivity contribution in [2.75, 3.05) is 13.5 Å². The van der Waals surface area contributed by atoms with E-state index in [9.17, 15) is 0 Å². The van der Waals surface area contributed by atoms with Crippen molar-refractivity contribution in [1.82, 2.24) is 5.31 Å². The summed E-state index contributed by atoms with van der Waals surface area (Å²) in [6.45, 7) is -2.98. The maximum absolute atomic E-state index is 8.02. The molecule has 0 aliphatic rings. The Morgan fingerprint density at radius 3 is 3.58 bits per heavy atom. The van der Waals surface area contributed by atoms with E-state index < -0.39 is 48.1 Å². The molecule has 1 atom stereocenters. The van der Waals surface area contributed by atoms with E-state index in [0.29, 0.717) is 0 Å². The van der Waals surface area contributed by atoms with Crippen LogP contribution in [0.4, 0.5) is 0 Å². The topological polar surface area (TPSA) is 52.5 Å². The number of benzene rings is 1. The summed E-state index contributed by atoms with van der Waals surface area (Å²) >= 11 is 0. The van der Waals surface area contributed by atoms with Crippen LogP contribution in [0, 0.1) is 0 Å². The molecule has 0 amide bonds. The van der Waals surface area contributed by atoms with Gasteiger partial charge in [-0.25, -0.2) is 0 Å². The van der Waals surface area contributed by atoms with Crippen LogP contribution in [0.25, 0.3) is 0 Å². The Bertz CT molecular complexity index is 580. The molecule has 3 N–H and O–H groups in total. The molecule has 1 rings (SSSR count). The predicted molar refractivity (Wildman–Crippen MR) is 47.0 cm³/mol. The van der Waals surface area contributed by atoms with E-state index in [1.807, 2.05) is 0 Å². The molecular weight excluding hydrogens is 154 g/mol. The molecule has 0 bridgehead atoms. The molecule has 3 heteroatoms. The zero-order chi connectivity index (χ0) is 17.5. The fourth-order valence-corrected chi connectivity index (χ4v) is 0.598. The minimum absolute atomic E-state index is 0.173. The number of hydrogen-bond acceptors (Lipinski definition) is 3. The van der Waals surface area contributed by atoms with Gasteiger partial charge in [0.25, 0.3) is 1.43 Å². The summed E-state index contributed by atoms with van der Waals surface area (Å²) in [5, 5.41) is 8.31. The van der Waals surface area contributed by atoms with Gasteiger partial charge in [-0.05, 0) is 24.7 Å². The quantitative estimate of drug-likeness (QED) is 0.619. The highest BCUT2D eigenvalue weighted by Gasteiger charge is 2.05. The van der Waals surface area contributed by atoms with Gasteiger partial charge < -0.3 is 15.5 Å². The summed E-state index contributed by atoms with van der Waals surface area (Å²) in [4.78, 5) is 0. The molecule has 3 nitrogen and oxygen atoms in total. The summed E-state index contributed by atoms with van der Waals surface area (Å²) in [5.41, 5.74) is -0.880. The first-order valence-electron chi connectivity index (χ1n) is 7.84. The Hall–Kier alpha value is -1.06. The van der Waals surface area contributed by atoms with Crippen LogP contribution >= 0.6 is 0 Å². The Morgan fingerprint density at radius 1 is 2.00 bits per heavy atom. The lowest BCUT2D eigenvalue weighted by Gasteiger charge is -2.09. The smallest absolute Gasteiger partial charge is 0.293 e. The van der Waals surface area contributed by atoms with Crippen molar-refractivity contribution in [3.05, 3.63) is 29.7 Å². The van der Waals surface area contributed by atoms with E-state index in [0.717, 1.165) is 7.05 Å². The third-order valence-electron chi connectivity index (χ3n) is 1.04. The summed E-state index contributed by atoms with van der Waals surface area (Å²) in [7, 11) is 0.942. The van der Waals surface area contributed by atoms with Crippen molar-refractivity contribution < 1.29 is 21.2 Å². The summed E-state index contributed by atoms with van der Waals surface area (Å²) in [6, 6.07) is -3.34. The van der Waals surface area contributed by atoms with E-state index in [2.05, 4.69) is 10.2 Å². The van der Waals surface area contributed by atoms with Crippen LogP contribution in [0.3, 0.4) is 0 Å². The Morgan fingerprint density at radius 2 is 2.92 bits per heavy atom. The molecule has 66 valence electrons. The van der Waals surface area contributed by atoms with Crippen molar-refractivity contribution in [3.8, 4) is 5.75 Å². The molecular formula is C9H13NO2. The number of phenolic OH excluding ortho intramolecular Hbond substituents is 1. The number of aliphatic hydroxyl groups is 1. The number of hydrogen-bond donors (Lipinski definition) is 3. The number of nitrogens with one attached hydrogen (secondary N) is 1. The largest absolute Gasteiger partial charge is 0.508 e. The fourth-order valence-electron chi connectivity index (χ4n) is 0.598. The lowest BCUT2D eigenvalue weighted by atomic mass is 10.1. The van der Waals surface area contributed by atoms with Gasteiger partial charge in [0.1, 0.15) is 7.16 Å². The van der Waals surface area contributed by atoms with Gasteiger partial charge in [-0.1, -0.05) is 12.1 Å². The average molecular weight is 177 g/mol. The molecule has 1 aromatic rings. The highest BCUT2D eigenvalue weighted by atomic mass is 16.3. The summed E-state index contributed by atoms with van der Waals surface area (Å²) in [6.07, 6.45) is -3.05. The van der Waals surface area contributed by atoms with Gasteiger partial charge in [0.15, 0.2) is 0 Å². The molecule has 0 aliphatic heterocycles. The molecule has 0 fully saturated rings. The van der Waals surface area contributed by atoms with Gasteiger partial charge in [-0.15, -0.1) is 0 Å².